The van der Waals surface area contributed by atoms with Gasteiger partial charge < -0.3 is 10.2 Å². The number of aryl methyl sites for hydroxylation is 1. The van der Waals surface area contributed by atoms with Gasteiger partial charge in [-0.1, -0.05) is 36.8 Å². The lowest BCUT2D eigenvalue weighted by molar-refractivity contribution is 0.200. The topological polar surface area (TPSA) is 15.3 Å². The first-order valence-corrected chi connectivity index (χ1v) is 7.24. The average molecular weight is 246 g/mol. The molecule has 0 spiro atoms. The summed E-state index contributed by atoms with van der Waals surface area (Å²) in [7, 11) is 0. The van der Waals surface area contributed by atoms with E-state index in [1.54, 1.807) is 0 Å². The molecule has 0 unspecified atom stereocenters. The van der Waals surface area contributed by atoms with Crippen molar-refractivity contribution in [2.24, 2.45) is 0 Å². The van der Waals surface area contributed by atoms with E-state index >= 15 is 0 Å². The fourth-order valence-corrected chi connectivity index (χ4v) is 2.81. The molecule has 1 aliphatic rings. The SMILES string of the molecule is CCN1CCC(N[C@H](C)c2cccc(C)c2)CC1. The molecule has 2 heteroatoms. The van der Waals surface area contributed by atoms with E-state index < -0.39 is 0 Å². The molecule has 2 nitrogen and oxygen atoms in total. The van der Waals surface area contributed by atoms with Crippen LogP contribution in [0.15, 0.2) is 24.3 Å². The van der Waals surface area contributed by atoms with E-state index in [9.17, 15) is 0 Å². The Balaban J connectivity index is 1.86. The lowest BCUT2D eigenvalue weighted by Gasteiger charge is -2.33. The van der Waals surface area contributed by atoms with Gasteiger partial charge in [0.05, 0.1) is 0 Å². The van der Waals surface area contributed by atoms with Crippen molar-refractivity contribution >= 4 is 0 Å². The standard InChI is InChI=1S/C16H26N2/c1-4-18-10-8-16(9-11-18)17-14(3)15-7-5-6-13(2)12-15/h5-7,12,14,16-17H,4,8-11H2,1-3H3/t14-/m1/s1. The number of benzene rings is 1. The summed E-state index contributed by atoms with van der Waals surface area (Å²) < 4.78 is 0. The van der Waals surface area contributed by atoms with Gasteiger partial charge in [-0.2, -0.15) is 0 Å². The third-order valence-electron chi connectivity index (χ3n) is 4.06. The van der Waals surface area contributed by atoms with Gasteiger partial charge in [0.25, 0.3) is 0 Å². The summed E-state index contributed by atoms with van der Waals surface area (Å²) in [4.78, 5) is 2.54. The van der Waals surface area contributed by atoms with Gasteiger partial charge in [-0.05, 0) is 51.9 Å². The van der Waals surface area contributed by atoms with Gasteiger partial charge in [-0.3, -0.25) is 0 Å². The fraction of sp³-hybridized carbons (Fsp3) is 0.625. The number of rotatable bonds is 4. The first-order chi connectivity index (χ1) is 8.69. The van der Waals surface area contributed by atoms with E-state index in [-0.39, 0.29) is 0 Å². The Labute approximate surface area is 111 Å². The molecule has 0 bridgehead atoms. The maximum atomic E-state index is 3.78. The number of nitrogens with zero attached hydrogens (tertiary/aromatic N) is 1. The number of hydrogen-bond acceptors (Lipinski definition) is 2. The fourth-order valence-electron chi connectivity index (χ4n) is 2.81. The van der Waals surface area contributed by atoms with Crippen molar-refractivity contribution in [3.63, 3.8) is 0 Å². The van der Waals surface area contributed by atoms with Crippen LogP contribution >= 0.6 is 0 Å². The van der Waals surface area contributed by atoms with Crippen LogP contribution in [0.3, 0.4) is 0 Å². The van der Waals surface area contributed by atoms with E-state index in [2.05, 4.69) is 55.3 Å². The van der Waals surface area contributed by atoms with Gasteiger partial charge in [0.1, 0.15) is 0 Å². The van der Waals surface area contributed by atoms with Crippen molar-refractivity contribution in [3.8, 4) is 0 Å². The lowest BCUT2D eigenvalue weighted by Crippen LogP contribution is -2.43. The van der Waals surface area contributed by atoms with Crippen LogP contribution in [0, 0.1) is 6.92 Å². The molecule has 0 aliphatic carbocycles. The Kier molecular flexibility index (Phi) is 4.79. The van der Waals surface area contributed by atoms with Gasteiger partial charge in [0.2, 0.25) is 0 Å². The highest BCUT2D eigenvalue weighted by Crippen LogP contribution is 2.18. The normalized spacial score (nSPS) is 19.9. The van der Waals surface area contributed by atoms with Crippen molar-refractivity contribution in [3.05, 3.63) is 35.4 Å². The van der Waals surface area contributed by atoms with Crippen LogP contribution in [-0.2, 0) is 0 Å². The van der Waals surface area contributed by atoms with Crippen molar-refractivity contribution in [2.75, 3.05) is 19.6 Å². The summed E-state index contributed by atoms with van der Waals surface area (Å²) in [5, 5.41) is 3.78. The Morgan fingerprint density at radius 2 is 2.06 bits per heavy atom. The second-order valence-electron chi connectivity index (χ2n) is 5.51. The summed E-state index contributed by atoms with van der Waals surface area (Å²) in [5.41, 5.74) is 2.76. The van der Waals surface area contributed by atoms with E-state index in [0.717, 1.165) is 0 Å². The maximum absolute atomic E-state index is 3.78. The minimum absolute atomic E-state index is 0.461. The molecule has 0 radical (unpaired) electrons. The molecule has 1 aromatic rings. The highest BCUT2D eigenvalue weighted by atomic mass is 15.1. The van der Waals surface area contributed by atoms with E-state index in [4.69, 9.17) is 0 Å². The zero-order chi connectivity index (χ0) is 13.0. The molecular weight excluding hydrogens is 220 g/mol. The summed E-state index contributed by atoms with van der Waals surface area (Å²) in [6.45, 7) is 10.4. The minimum atomic E-state index is 0.461. The third-order valence-corrected chi connectivity index (χ3v) is 4.06. The van der Waals surface area contributed by atoms with E-state index in [1.165, 1.54) is 43.6 Å². The third kappa shape index (κ3) is 3.56. The Hall–Kier alpha value is -0.860. The Bertz CT molecular complexity index is 367. The molecule has 1 aromatic carbocycles. The summed E-state index contributed by atoms with van der Waals surface area (Å²) in [6, 6.07) is 9.98. The van der Waals surface area contributed by atoms with Crippen molar-refractivity contribution < 1.29 is 0 Å². The van der Waals surface area contributed by atoms with Crippen molar-refractivity contribution in [1.29, 1.82) is 0 Å². The molecule has 1 heterocycles. The van der Waals surface area contributed by atoms with Crippen LogP contribution in [0.25, 0.3) is 0 Å². The molecule has 100 valence electrons. The lowest BCUT2D eigenvalue weighted by atomic mass is 10.0. The quantitative estimate of drug-likeness (QED) is 0.878. The number of piperidine rings is 1. The molecule has 18 heavy (non-hydrogen) atoms. The number of hydrogen-bond donors (Lipinski definition) is 1. The average Bonchev–Trinajstić information content (AvgIpc) is 2.39. The second-order valence-corrected chi connectivity index (χ2v) is 5.51. The molecule has 0 aromatic heterocycles. The summed E-state index contributed by atoms with van der Waals surface area (Å²) in [5.74, 6) is 0. The van der Waals surface area contributed by atoms with Crippen molar-refractivity contribution in [1.82, 2.24) is 10.2 Å². The van der Waals surface area contributed by atoms with Crippen LogP contribution in [-0.4, -0.2) is 30.6 Å². The summed E-state index contributed by atoms with van der Waals surface area (Å²) in [6.07, 6.45) is 2.56. The highest BCUT2D eigenvalue weighted by molar-refractivity contribution is 5.24. The zero-order valence-electron chi connectivity index (χ0n) is 11.9. The van der Waals surface area contributed by atoms with Gasteiger partial charge in [-0.15, -0.1) is 0 Å². The largest absolute Gasteiger partial charge is 0.307 e. The predicted molar refractivity (Wildman–Crippen MR) is 77.9 cm³/mol. The van der Waals surface area contributed by atoms with Gasteiger partial charge in [-0.25, -0.2) is 0 Å². The summed E-state index contributed by atoms with van der Waals surface area (Å²) >= 11 is 0. The molecular formula is C16H26N2. The Morgan fingerprint density at radius 1 is 1.33 bits per heavy atom. The monoisotopic (exact) mass is 246 g/mol. The van der Waals surface area contributed by atoms with Crippen molar-refractivity contribution in [2.45, 2.75) is 45.7 Å². The Morgan fingerprint density at radius 3 is 2.67 bits per heavy atom. The first-order valence-electron chi connectivity index (χ1n) is 7.24. The molecule has 1 N–H and O–H groups in total. The molecule has 0 amide bonds. The van der Waals surface area contributed by atoms with Gasteiger partial charge >= 0.3 is 0 Å². The van der Waals surface area contributed by atoms with Crippen LogP contribution in [0.1, 0.15) is 43.9 Å². The molecule has 1 fully saturated rings. The number of likely N-dealkylation sites (tertiary alicyclic amines) is 1. The maximum Gasteiger partial charge on any atom is 0.0294 e. The number of nitrogens with one attached hydrogen (secondary N) is 1. The second kappa shape index (κ2) is 6.35. The zero-order valence-corrected chi connectivity index (χ0v) is 11.9. The van der Waals surface area contributed by atoms with E-state index in [0.29, 0.717) is 12.1 Å². The smallest absolute Gasteiger partial charge is 0.0294 e. The van der Waals surface area contributed by atoms with Crippen LogP contribution in [0.4, 0.5) is 0 Å². The molecule has 1 aliphatic heterocycles. The molecule has 1 atom stereocenters. The van der Waals surface area contributed by atoms with Gasteiger partial charge in [0, 0.05) is 12.1 Å². The molecule has 0 saturated carbocycles. The van der Waals surface area contributed by atoms with Crippen LogP contribution in [0.5, 0.6) is 0 Å². The highest BCUT2D eigenvalue weighted by Gasteiger charge is 2.19. The van der Waals surface area contributed by atoms with Crippen LogP contribution in [0.2, 0.25) is 0 Å². The van der Waals surface area contributed by atoms with Gasteiger partial charge in [0.15, 0.2) is 0 Å². The first kappa shape index (κ1) is 13.6. The van der Waals surface area contributed by atoms with Crippen LogP contribution < -0.4 is 5.32 Å². The molecule has 2 rings (SSSR count). The van der Waals surface area contributed by atoms with E-state index in [1.807, 2.05) is 0 Å². The predicted octanol–water partition coefficient (Wildman–Crippen LogP) is 3.13. The molecule has 1 saturated heterocycles. The minimum Gasteiger partial charge on any atom is -0.307 e.